The molecule has 4 N–H and O–H groups in total. The summed E-state index contributed by atoms with van der Waals surface area (Å²) in [5.41, 5.74) is 0. The van der Waals surface area contributed by atoms with Crippen LogP contribution in [0.3, 0.4) is 0 Å². The Morgan fingerprint density at radius 1 is 1.38 bits per heavy atom. The van der Waals surface area contributed by atoms with E-state index in [1.807, 2.05) is 0 Å². The van der Waals surface area contributed by atoms with Gasteiger partial charge in [-0.2, -0.15) is 0 Å². The molecule has 1 heterocycles. The van der Waals surface area contributed by atoms with E-state index in [-0.39, 0.29) is 6.61 Å². The van der Waals surface area contributed by atoms with Gasteiger partial charge in [0.05, 0.1) is 6.61 Å². The zero-order valence-electron chi connectivity index (χ0n) is 6.53. The Bertz CT molecular complexity index is 193. The summed E-state index contributed by atoms with van der Waals surface area (Å²) in [6.07, 6.45) is -5.68. The number of carbonyl (C=O) groups is 1. The van der Waals surface area contributed by atoms with E-state index in [4.69, 9.17) is 15.5 Å². The van der Waals surface area contributed by atoms with Crippen LogP contribution in [0, 0.1) is 0 Å². The molecule has 7 nitrogen and oxygen atoms in total. The summed E-state index contributed by atoms with van der Waals surface area (Å²) >= 11 is 0. The molecule has 0 saturated carbocycles. The fraction of sp³-hybridized carbons (Fsp3) is 0.833. The molecule has 0 aromatic carbocycles. The molecule has 3 unspecified atom stereocenters. The first kappa shape index (κ1) is 10.4. The van der Waals surface area contributed by atoms with E-state index in [9.17, 15) is 9.90 Å². The number of hydrogen-bond donors (Lipinski definition) is 4. The van der Waals surface area contributed by atoms with Gasteiger partial charge < -0.3 is 20.1 Å². The zero-order chi connectivity index (χ0) is 10.0. The van der Waals surface area contributed by atoms with Crippen LogP contribution in [0.4, 0.5) is 0 Å². The van der Waals surface area contributed by atoms with Gasteiger partial charge in [-0.1, -0.05) is 0 Å². The Labute approximate surface area is 73.1 Å². The SMILES string of the molecule is O=C(O)C1OCC(OO)[C@@H](O)C1O. The number of hydrogen-bond acceptors (Lipinski definition) is 6. The molecule has 0 aromatic rings. The van der Waals surface area contributed by atoms with Gasteiger partial charge in [0.1, 0.15) is 18.3 Å². The van der Waals surface area contributed by atoms with Crippen molar-refractivity contribution in [1.82, 2.24) is 0 Å². The van der Waals surface area contributed by atoms with Crippen molar-refractivity contribution in [2.45, 2.75) is 24.4 Å². The van der Waals surface area contributed by atoms with Gasteiger partial charge in [-0.25, -0.2) is 9.68 Å². The highest BCUT2D eigenvalue weighted by Crippen LogP contribution is 2.17. The van der Waals surface area contributed by atoms with Crippen LogP contribution >= 0.6 is 0 Å². The fourth-order valence-electron chi connectivity index (χ4n) is 1.10. The molecule has 1 saturated heterocycles. The fourth-order valence-corrected chi connectivity index (χ4v) is 1.10. The summed E-state index contributed by atoms with van der Waals surface area (Å²) in [4.78, 5) is 14.2. The Balaban J connectivity index is 2.64. The van der Waals surface area contributed by atoms with E-state index in [1.165, 1.54) is 0 Å². The van der Waals surface area contributed by atoms with Crippen LogP contribution in [-0.2, 0) is 14.4 Å². The molecule has 0 aromatic heterocycles. The molecule has 1 fully saturated rings. The van der Waals surface area contributed by atoms with Crippen molar-refractivity contribution in [3.05, 3.63) is 0 Å². The van der Waals surface area contributed by atoms with Gasteiger partial charge >= 0.3 is 5.97 Å². The van der Waals surface area contributed by atoms with E-state index in [0.717, 1.165) is 0 Å². The van der Waals surface area contributed by atoms with Gasteiger partial charge in [-0.3, -0.25) is 5.26 Å². The van der Waals surface area contributed by atoms with E-state index in [0.29, 0.717) is 0 Å². The van der Waals surface area contributed by atoms with E-state index in [1.54, 1.807) is 0 Å². The molecule has 76 valence electrons. The largest absolute Gasteiger partial charge is 0.479 e. The maximum Gasteiger partial charge on any atom is 0.335 e. The molecular weight excluding hydrogens is 184 g/mol. The van der Waals surface area contributed by atoms with E-state index < -0.39 is 30.4 Å². The highest BCUT2D eigenvalue weighted by molar-refractivity contribution is 5.73. The average molecular weight is 194 g/mol. The number of rotatable bonds is 2. The molecule has 7 heteroatoms. The summed E-state index contributed by atoms with van der Waals surface area (Å²) in [6, 6.07) is 0. The summed E-state index contributed by atoms with van der Waals surface area (Å²) in [5.74, 6) is -1.37. The number of aliphatic hydroxyl groups excluding tert-OH is 2. The van der Waals surface area contributed by atoms with Crippen LogP contribution in [0.2, 0.25) is 0 Å². The maximum absolute atomic E-state index is 10.4. The van der Waals surface area contributed by atoms with E-state index >= 15 is 0 Å². The molecular formula is C6H10O7. The second kappa shape index (κ2) is 3.99. The lowest BCUT2D eigenvalue weighted by Gasteiger charge is -2.33. The van der Waals surface area contributed by atoms with Crippen molar-refractivity contribution in [3.63, 3.8) is 0 Å². The number of carboxylic acid groups (broad SMARTS) is 1. The molecule has 13 heavy (non-hydrogen) atoms. The van der Waals surface area contributed by atoms with Crippen molar-refractivity contribution in [3.8, 4) is 0 Å². The Morgan fingerprint density at radius 2 is 2.00 bits per heavy atom. The van der Waals surface area contributed by atoms with Gasteiger partial charge in [0, 0.05) is 0 Å². The van der Waals surface area contributed by atoms with Crippen molar-refractivity contribution in [2.24, 2.45) is 0 Å². The molecule has 0 amide bonds. The van der Waals surface area contributed by atoms with Crippen LogP contribution in [0.1, 0.15) is 0 Å². The summed E-state index contributed by atoms with van der Waals surface area (Å²) in [5, 5.41) is 35.0. The standard InChI is InChI=1S/C6H10O7/c7-3-2(13-11)1-12-5(4(3)8)6(9)10/h2-5,7-8,11H,1H2,(H,9,10)/t2?,3-,4?,5?/m1/s1. The molecule has 1 rings (SSSR count). The Morgan fingerprint density at radius 3 is 2.46 bits per heavy atom. The lowest BCUT2D eigenvalue weighted by Crippen LogP contribution is -2.56. The lowest BCUT2D eigenvalue weighted by atomic mass is 10.0. The van der Waals surface area contributed by atoms with Crippen molar-refractivity contribution >= 4 is 5.97 Å². The molecule has 1 aliphatic rings. The number of carboxylic acids is 1. The van der Waals surface area contributed by atoms with Gasteiger partial charge in [0.25, 0.3) is 0 Å². The van der Waals surface area contributed by atoms with Crippen LogP contribution in [0.25, 0.3) is 0 Å². The van der Waals surface area contributed by atoms with Crippen LogP contribution in [0.5, 0.6) is 0 Å². The van der Waals surface area contributed by atoms with Crippen molar-refractivity contribution < 1.29 is 35.0 Å². The third kappa shape index (κ3) is 1.95. The first-order chi connectivity index (χ1) is 6.07. The number of ether oxygens (including phenoxy) is 1. The second-order valence-electron chi connectivity index (χ2n) is 2.72. The van der Waals surface area contributed by atoms with Gasteiger partial charge in [-0.05, 0) is 0 Å². The molecule has 0 aliphatic carbocycles. The minimum Gasteiger partial charge on any atom is -0.479 e. The predicted molar refractivity (Wildman–Crippen MR) is 36.9 cm³/mol. The van der Waals surface area contributed by atoms with Crippen LogP contribution in [-0.4, -0.2) is 57.6 Å². The lowest BCUT2D eigenvalue weighted by molar-refractivity contribution is -0.331. The quantitative estimate of drug-likeness (QED) is 0.298. The van der Waals surface area contributed by atoms with Gasteiger partial charge in [0.2, 0.25) is 0 Å². The molecule has 0 radical (unpaired) electrons. The van der Waals surface area contributed by atoms with Crippen molar-refractivity contribution in [2.75, 3.05) is 6.61 Å². The van der Waals surface area contributed by atoms with Crippen molar-refractivity contribution in [1.29, 1.82) is 0 Å². The Hall–Kier alpha value is -0.730. The van der Waals surface area contributed by atoms with Gasteiger partial charge in [-0.15, -0.1) is 0 Å². The highest BCUT2D eigenvalue weighted by Gasteiger charge is 2.42. The number of aliphatic carboxylic acids is 1. The second-order valence-corrected chi connectivity index (χ2v) is 2.72. The third-order valence-corrected chi connectivity index (χ3v) is 1.86. The Kier molecular flexibility index (Phi) is 3.17. The van der Waals surface area contributed by atoms with Crippen LogP contribution < -0.4 is 0 Å². The molecule has 0 bridgehead atoms. The maximum atomic E-state index is 10.4. The summed E-state index contributed by atoms with van der Waals surface area (Å²) < 4.78 is 4.63. The third-order valence-electron chi connectivity index (χ3n) is 1.86. The monoisotopic (exact) mass is 194 g/mol. The minimum atomic E-state index is -1.61. The summed E-state index contributed by atoms with van der Waals surface area (Å²) in [7, 11) is 0. The van der Waals surface area contributed by atoms with E-state index in [2.05, 4.69) is 9.62 Å². The van der Waals surface area contributed by atoms with Gasteiger partial charge in [0.15, 0.2) is 6.10 Å². The molecule has 4 atom stereocenters. The zero-order valence-corrected chi connectivity index (χ0v) is 6.53. The highest BCUT2D eigenvalue weighted by atomic mass is 17.1. The van der Waals surface area contributed by atoms with Crippen LogP contribution in [0.15, 0.2) is 0 Å². The first-order valence-corrected chi connectivity index (χ1v) is 3.58. The topological polar surface area (TPSA) is 116 Å². The number of aliphatic hydroxyl groups is 2. The minimum absolute atomic E-state index is 0.286. The molecule has 1 aliphatic heterocycles. The summed E-state index contributed by atoms with van der Waals surface area (Å²) in [6.45, 7) is -0.286. The smallest absolute Gasteiger partial charge is 0.335 e. The first-order valence-electron chi connectivity index (χ1n) is 3.58. The predicted octanol–water partition coefficient (Wildman–Crippen LogP) is -1.95. The molecule has 0 spiro atoms. The normalized spacial score (nSPS) is 40.2. The average Bonchev–Trinajstić information content (AvgIpc) is 2.09.